The lowest BCUT2D eigenvalue weighted by molar-refractivity contribution is -0.138. The Morgan fingerprint density at radius 1 is 1.29 bits per heavy atom. The molecule has 1 aromatic carbocycles. The van der Waals surface area contributed by atoms with Crippen molar-refractivity contribution in [3.05, 3.63) is 35.4 Å². The summed E-state index contributed by atoms with van der Waals surface area (Å²) < 4.78 is 37.6. The fourth-order valence-corrected chi connectivity index (χ4v) is 1.62. The van der Waals surface area contributed by atoms with Crippen LogP contribution in [-0.2, 0) is 6.18 Å². The van der Waals surface area contributed by atoms with Crippen molar-refractivity contribution in [3.8, 4) is 0 Å². The zero-order chi connectivity index (χ0) is 10.8. The molecule has 0 spiro atoms. The third-order valence-corrected chi connectivity index (χ3v) is 3.00. The molecule has 0 aliphatic carbocycles. The van der Waals surface area contributed by atoms with E-state index in [2.05, 4.69) is 15.9 Å². The van der Waals surface area contributed by atoms with E-state index in [9.17, 15) is 13.2 Å². The first kappa shape index (κ1) is 11.6. The summed E-state index contributed by atoms with van der Waals surface area (Å²) in [7, 11) is 0. The summed E-state index contributed by atoms with van der Waals surface area (Å²) in [6, 6.07) is 5.68. The molecule has 1 atom stereocenters. The maximum Gasteiger partial charge on any atom is 0.416 e. The van der Waals surface area contributed by atoms with E-state index in [1.165, 1.54) is 12.1 Å². The molecule has 0 radical (unpaired) electrons. The standard InChI is InChI=1S/C10H10BrF3/c1-7(6-11)8-4-2-3-5-9(8)10(12,13)14/h2-5,7H,6H2,1H3. The highest BCUT2D eigenvalue weighted by molar-refractivity contribution is 9.09. The van der Waals surface area contributed by atoms with Crippen LogP contribution >= 0.6 is 15.9 Å². The molecule has 0 amide bonds. The van der Waals surface area contributed by atoms with Crippen molar-refractivity contribution in [2.45, 2.75) is 19.0 Å². The maximum atomic E-state index is 12.5. The molecule has 0 bridgehead atoms. The largest absolute Gasteiger partial charge is 0.416 e. The van der Waals surface area contributed by atoms with Gasteiger partial charge in [0.25, 0.3) is 0 Å². The number of halogens is 4. The topological polar surface area (TPSA) is 0 Å². The van der Waals surface area contributed by atoms with Gasteiger partial charge in [-0.2, -0.15) is 13.2 Å². The summed E-state index contributed by atoms with van der Waals surface area (Å²) in [4.78, 5) is 0. The Hall–Kier alpha value is -0.510. The van der Waals surface area contributed by atoms with Crippen LogP contribution in [-0.4, -0.2) is 5.33 Å². The van der Waals surface area contributed by atoms with Gasteiger partial charge in [0, 0.05) is 5.33 Å². The third-order valence-electron chi connectivity index (χ3n) is 2.03. The molecule has 1 aromatic rings. The summed E-state index contributed by atoms with van der Waals surface area (Å²) in [5.74, 6) is -0.132. The fourth-order valence-electron chi connectivity index (χ4n) is 1.27. The molecular weight excluding hydrogens is 257 g/mol. The normalized spacial score (nSPS) is 14.1. The second kappa shape index (κ2) is 4.34. The monoisotopic (exact) mass is 266 g/mol. The molecule has 14 heavy (non-hydrogen) atoms. The highest BCUT2D eigenvalue weighted by Crippen LogP contribution is 2.35. The molecule has 4 heteroatoms. The summed E-state index contributed by atoms with van der Waals surface area (Å²) in [6.45, 7) is 1.76. The number of alkyl halides is 4. The van der Waals surface area contributed by atoms with Gasteiger partial charge in [0.1, 0.15) is 0 Å². The van der Waals surface area contributed by atoms with Crippen molar-refractivity contribution in [1.29, 1.82) is 0 Å². The van der Waals surface area contributed by atoms with Gasteiger partial charge in [0.05, 0.1) is 5.56 Å². The van der Waals surface area contributed by atoms with Crippen molar-refractivity contribution >= 4 is 15.9 Å². The van der Waals surface area contributed by atoms with E-state index in [-0.39, 0.29) is 5.92 Å². The minimum atomic E-state index is -4.26. The van der Waals surface area contributed by atoms with Gasteiger partial charge < -0.3 is 0 Å². The highest BCUT2D eigenvalue weighted by atomic mass is 79.9. The van der Waals surface area contributed by atoms with Crippen molar-refractivity contribution < 1.29 is 13.2 Å². The Labute approximate surface area is 89.3 Å². The first-order chi connectivity index (χ1) is 6.46. The Morgan fingerprint density at radius 2 is 1.86 bits per heavy atom. The van der Waals surface area contributed by atoms with Crippen LogP contribution in [0.4, 0.5) is 13.2 Å². The van der Waals surface area contributed by atoms with Gasteiger partial charge in [-0.05, 0) is 17.5 Å². The van der Waals surface area contributed by atoms with Crippen LogP contribution in [0.5, 0.6) is 0 Å². The highest BCUT2D eigenvalue weighted by Gasteiger charge is 2.33. The summed E-state index contributed by atoms with van der Waals surface area (Å²) in [5, 5.41) is 0.528. The molecule has 0 nitrogen and oxygen atoms in total. The van der Waals surface area contributed by atoms with E-state index in [1.807, 2.05) is 0 Å². The van der Waals surface area contributed by atoms with Crippen LogP contribution in [0, 0.1) is 0 Å². The second-order valence-corrected chi connectivity index (χ2v) is 3.79. The lowest BCUT2D eigenvalue weighted by Crippen LogP contribution is -2.11. The van der Waals surface area contributed by atoms with Gasteiger partial charge >= 0.3 is 6.18 Å². The van der Waals surface area contributed by atoms with Gasteiger partial charge in [-0.15, -0.1) is 0 Å². The molecule has 0 aromatic heterocycles. The van der Waals surface area contributed by atoms with E-state index < -0.39 is 11.7 Å². The molecule has 0 N–H and O–H groups in total. The molecule has 0 aliphatic rings. The van der Waals surface area contributed by atoms with Crippen LogP contribution in [0.1, 0.15) is 24.0 Å². The lowest BCUT2D eigenvalue weighted by Gasteiger charge is -2.16. The molecule has 1 rings (SSSR count). The molecular formula is C10H10BrF3. The van der Waals surface area contributed by atoms with Crippen LogP contribution < -0.4 is 0 Å². The van der Waals surface area contributed by atoms with Crippen molar-refractivity contribution in [1.82, 2.24) is 0 Å². The van der Waals surface area contributed by atoms with Crippen molar-refractivity contribution in [3.63, 3.8) is 0 Å². The van der Waals surface area contributed by atoms with E-state index in [1.54, 1.807) is 13.0 Å². The zero-order valence-corrected chi connectivity index (χ0v) is 9.19. The SMILES string of the molecule is CC(CBr)c1ccccc1C(F)(F)F. The van der Waals surface area contributed by atoms with Crippen LogP contribution in [0.2, 0.25) is 0 Å². The Balaban J connectivity index is 3.16. The van der Waals surface area contributed by atoms with Crippen LogP contribution in [0.3, 0.4) is 0 Å². The predicted molar refractivity (Wildman–Crippen MR) is 53.7 cm³/mol. The first-order valence-corrected chi connectivity index (χ1v) is 5.31. The van der Waals surface area contributed by atoms with Crippen molar-refractivity contribution in [2.24, 2.45) is 0 Å². The fraction of sp³-hybridized carbons (Fsp3) is 0.400. The van der Waals surface area contributed by atoms with Crippen LogP contribution in [0.25, 0.3) is 0 Å². The summed E-state index contributed by atoms with van der Waals surface area (Å²) >= 11 is 3.19. The molecule has 0 saturated heterocycles. The molecule has 1 unspecified atom stereocenters. The van der Waals surface area contributed by atoms with Gasteiger partial charge in [0.2, 0.25) is 0 Å². The molecule has 78 valence electrons. The molecule has 0 aliphatic heterocycles. The average Bonchev–Trinajstić information content (AvgIpc) is 2.15. The van der Waals surface area contributed by atoms with Gasteiger partial charge in [-0.25, -0.2) is 0 Å². The summed E-state index contributed by atoms with van der Waals surface area (Å²) in [5.41, 5.74) is -0.191. The molecule has 0 fully saturated rings. The molecule has 0 heterocycles. The number of rotatable bonds is 2. The van der Waals surface area contributed by atoms with E-state index >= 15 is 0 Å². The Morgan fingerprint density at radius 3 is 2.36 bits per heavy atom. The average molecular weight is 267 g/mol. The minimum Gasteiger partial charge on any atom is -0.166 e. The quantitative estimate of drug-likeness (QED) is 0.704. The van der Waals surface area contributed by atoms with E-state index in [0.717, 1.165) is 6.07 Å². The smallest absolute Gasteiger partial charge is 0.166 e. The van der Waals surface area contributed by atoms with Gasteiger partial charge in [-0.1, -0.05) is 41.1 Å². The van der Waals surface area contributed by atoms with Crippen LogP contribution in [0.15, 0.2) is 24.3 Å². The number of hydrogen-bond acceptors (Lipinski definition) is 0. The number of benzene rings is 1. The second-order valence-electron chi connectivity index (χ2n) is 3.14. The Bertz CT molecular complexity index is 306. The van der Waals surface area contributed by atoms with Crippen molar-refractivity contribution in [2.75, 3.05) is 5.33 Å². The van der Waals surface area contributed by atoms with Gasteiger partial charge in [-0.3, -0.25) is 0 Å². The minimum absolute atomic E-state index is 0.132. The summed E-state index contributed by atoms with van der Waals surface area (Å²) in [6.07, 6.45) is -4.26. The van der Waals surface area contributed by atoms with Gasteiger partial charge in [0.15, 0.2) is 0 Å². The molecule has 0 saturated carbocycles. The predicted octanol–water partition coefficient (Wildman–Crippen LogP) is 4.20. The lowest BCUT2D eigenvalue weighted by atomic mass is 9.97. The third kappa shape index (κ3) is 2.50. The Kier molecular flexibility index (Phi) is 3.59. The first-order valence-electron chi connectivity index (χ1n) is 4.19. The maximum absolute atomic E-state index is 12.5. The van der Waals surface area contributed by atoms with E-state index in [4.69, 9.17) is 0 Å². The zero-order valence-electron chi connectivity index (χ0n) is 7.61. The van der Waals surface area contributed by atoms with E-state index in [0.29, 0.717) is 10.9 Å². The number of hydrogen-bond donors (Lipinski definition) is 0.